The number of halogens is 3. The Hall–Kier alpha value is -2.88. The Morgan fingerprint density at radius 3 is 2.56 bits per heavy atom. The van der Waals surface area contributed by atoms with Crippen LogP contribution in [0.3, 0.4) is 0 Å². The number of hydrogen-bond donors (Lipinski definition) is 1. The van der Waals surface area contributed by atoms with Crippen molar-refractivity contribution in [3.63, 3.8) is 0 Å². The molecule has 0 aliphatic carbocycles. The first-order valence-electron chi connectivity index (χ1n) is 12.3. The van der Waals surface area contributed by atoms with Crippen molar-refractivity contribution < 1.29 is 27.5 Å². The maximum atomic E-state index is 12.9. The molecular formula is C27H30F3N3O3. The zero-order chi connectivity index (χ0) is 25.4. The van der Waals surface area contributed by atoms with Crippen molar-refractivity contribution in [3.05, 3.63) is 71.0 Å². The van der Waals surface area contributed by atoms with E-state index in [0.29, 0.717) is 39.1 Å². The highest BCUT2D eigenvalue weighted by Crippen LogP contribution is 2.31. The highest BCUT2D eigenvalue weighted by Gasteiger charge is 2.42. The third-order valence-electron chi connectivity index (χ3n) is 7.33. The SMILES string of the molecule is CCc1oc2ccccc2c1CN1CCN2C(=O)CN(CCc3ccc(C(F)(F)F)cc3)C(O)C2C1. The summed E-state index contributed by atoms with van der Waals surface area (Å²) in [6.07, 6.45) is -3.98. The molecule has 2 aromatic carbocycles. The number of piperazine rings is 2. The topological polar surface area (TPSA) is 60.2 Å². The Kier molecular flexibility index (Phi) is 6.80. The van der Waals surface area contributed by atoms with Gasteiger partial charge < -0.3 is 14.4 Å². The largest absolute Gasteiger partial charge is 0.461 e. The van der Waals surface area contributed by atoms with Crippen molar-refractivity contribution in [1.29, 1.82) is 0 Å². The number of amides is 1. The van der Waals surface area contributed by atoms with Gasteiger partial charge in [-0.25, -0.2) is 0 Å². The summed E-state index contributed by atoms with van der Waals surface area (Å²) < 4.78 is 44.5. The van der Waals surface area contributed by atoms with Crippen molar-refractivity contribution >= 4 is 16.9 Å². The van der Waals surface area contributed by atoms with E-state index in [-0.39, 0.29) is 18.5 Å². The molecule has 36 heavy (non-hydrogen) atoms. The van der Waals surface area contributed by atoms with Gasteiger partial charge in [0.25, 0.3) is 0 Å². The van der Waals surface area contributed by atoms with Crippen LogP contribution in [0.4, 0.5) is 13.2 Å². The first-order valence-corrected chi connectivity index (χ1v) is 12.3. The summed E-state index contributed by atoms with van der Waals surface area (Å²) in [7, 11) is 0. The molecule has 1 N–H and O–H groups in total. The number of aryl methyl sites for hydroxylation is 1. The molecule has 2 unspecified atom stereocenters. The zero-order valence-electron chi connectivity index (χ0n) is 20.2. The molecule has 1 amide bonds. The average molecular weight is 502 g/mol. The summed E-state index contributed by atoms with van der Waals surface area (Å²) in [6, 6.07) is 12.7. The molecule has 0 saturated carbocycles. The quantitative estimate of drug-likeness (QED) is 0.555. The van der Waals surface area contributed by atoms with E-state index >= 15 is 0 Å². The van der Waals surface area contributed by atoms with Gasteiger partial charge in [-0.2, -0.15) is 13.2 Å². The van der Waals surface area contributed by atoms with E-state index in [1.165, 1.54) is 12.1 Å². The zero-order valence-corrected chi connectivity index (χ0v) is 20.2. The first kappa shape index (κ1) is 24.8. The number of carbonyl (C=O) groups excluding carboxylic acids is 1. The summed E-state index contributed by atoms with van der Waals surface area (Å²) in [5.41, 5.74) is 2.06. The van der Waals surface area contributed by atoms with Crippen LogP contribution in [0, 0.1) is 0 Å². The molecule has 0 radical (unpaired) electrons. The van der Waals surface area contributed by atoms with Crippen LogP contribution in [0.15, 0.2) is 52.9 Å². The fourth-order valence-corrected chi connectivity index (χ4v) is 5.36. The third kappa shape index (κ3) is 4.87. The van der Waals surface area contributed by atoms with Gasteiger partial charge in [-0.15, -0.1) is 0 Å². The van der Waals surface area contributed by atoms with Crippen LogP contribution in [0.2, 0.25) is 0 Å². The van der Waals surface area contributed by atoms with Crippen LogP contribution in [0.5, 0.6) is 0 Å². The predicted octanol–water partition coefficient (Wildman–Crippen LogP) is 3.90. The molecule has 5 rings (SSSR count). The summed E-state index contributed by atoms with van der Waals surface area (Å²) >= 11 is 0. The Bertz CT molecular complexity index is 1220. The molecule has 1 aromatic heterocycles. The van der Waals surface area contributed by atoms with Gasteiger partial charge in [0, 0.05) is 50.1 Å². The van der Waals surface area contributed by atoms with E-state index in [9.17, 15) is 23.1 Å². The van der Waals surface area contributed by atoms with E-state index in [1.54, 1.807) is 9.80 Å². The lowest BCUT2D eigenvalue weighted by atomic mass is 10.0. The highest BCUT2D eigenvalue weighted by molar-refractivity contribution is 5.82. The molecule has 0 bridgehead atoms. The van der Waals surface area contributed by atoms with Gasteiger partial charge in [0.2, 0.25) is 5.91 Å². The summed E-state index contributed by atoms with van der Waals surface area (Å²) in [4.78, 5) is 18.6. The smallest absolute Gasteiger partial charge is 0.416 e. The number of carbonyl (C=O) groups is 1. The first-order chi connectivity index (χ1) is 17.2. The molecule has 6 nitrogen and oxygen atoms in total. The lowest BCUT2D eigenvalue weighted by Gasteiger charge is -2.49. The molecule has 3 heterocycles. The molecule has 2 fully saturated rings. The van der Waals surface area contributed by atoms with Crippen LogP contribution < -0.4 is 0 Å². The van der Waals surface area contributed by atoms with Gasteiger partial charge >= 0.3 is 6.18 Å². The molecule has 3 aromatic rings. The average Bonchev–Trinajstić information content (AvgIpc) is 3.22. The molecule has 0 spiro atoms. The van der Waals surface area contributed by atoms with Crippen molar-refractivity contribution in [2.45, 2.75) is 44.8 Å². The van der Waals surface area contributed by atoms with Crippen molar-refractivity contribution in [2.75, 3.05) is 32.7 Å². The number of furan rings is 1. The van der Waals surface area contributed by atoms with Gasteiger partial charge in [0.15, 0.2) is 0 Å². The summed E-state index contributed by atoms with van der Waals surface area (Å²) in [5, 5.41) is 12.3. The normalized spacial score (nSPS) is 21.8. The number of nitrogens with zero attached hydrogens (tertiary/aromatic N) is 3. The van der Waals surface area contributed by atoms with E-state index in [2.05, 4.69) is 17.9 Å². The van der Waals surface area contributed by atoms with Crippen LogP contribution >= 0.6 is 0 Å². The fraction of sp³-hybridized carbons (Fsp3) is 0.444. The highest BCUT2D eigenvalue weighted by atomic mass is 19.4. The predicted molar refractivity (Wildman–Crippen MR) is 129 cm³/mol. The molecule has 2 saturated heterocycles. The molecule has 2 aliphatic rings. The van der Waals surface area contributed by atoms with Gasteiger partial charge in [-0.3, -0.25) is 14.6 Å². The standard InChI is InChI=1S/C27H30F3N3O3/c1-2-23-21(20-5-3-4-6-24(20)36-23)15-31-13-14-33-22(16-31)26(35)32(17-25(33)34)12-11-18-7-9-19(10-8-18)27(28,29)30/h3-10,22,26,35H,2,11-17H2,1H3. The Morgan fingerprint density at radius 2 is 1.83 bits per heavy atom. The summed E-state index contributed by atoms with van der Waals surface area (Å²) in [5.74, 6) is 0.928. The minimum Gasteiger partial charge on any atom is -0.461 e. The Labute approximate surface area is 207 Å². The van der Waals surface area contributed by atoms with Gasteiger partial charge in [0.1, 0.15) is 17.6 Å². The second kappa shape index (κ2) is 9.88. The van der Waals surface area contributed by atoms with Crippen molar-refractivity contribution in [1.82, 2.24) is 14.7 Å². The number of para-hydroxylation sites is 1. The second-order valence-corrected chi connectivity index (χ2v) is 9.57. The van der Waals surface area contributed by atoms with Crippen LogP contribution in [0.25, 0.3) is 11.0 Å². The number of rotatable bonds is 6. The minimum absolute atomic E-state index is 0.0274. The monoisotopic (exact) mass is 501 g/mol. The number of aliphatic hydroxyl groups excluding tert-OH is 1. The molecule has 192 valence electrons. The van der Waals surface area contributed by atoms with E-state index < -0.39 is 18.0 Å². The van der Waals surface area contributed by atoms with Crippen LogP contribution in [-0.4, -0.2) is 70.7 Å². The van der Waals surface area contributed by atoms with Gasteiger partial charge in [0.05, 0.1) is 18.2 Å². The van der Waals surface area contributed by atoms with E-state index in [1.807, 2.05) is 18.2 Å². The molecule has 2 atom stereocenters. The summed E-state index contributed by atoms with van der Waals surface area (Å²) in [6.45, 7) is 5.02. The minimum atomic E-state index is -4.37. The molecule has 9 heteroatoms. The Morgan fingerprint density at radius 1 is 1.08 bits per heavy atom. The lowest BCUT2D eigenvalue weighted by Crippen LogP contribution is -2.68. The maximum Gasteiger partial charge on any atom is 0.416 e. The van der Waals surface area contributed by atoms with E-state index in [4.69, 9.17) is 4.42 Å². The van der Waals surface area contributed by atoms with Crippen LogP contribution in [-0.2, 0) is 30.4 Å². The fourth-order valence-electron chi connectivity index (χ4n) is 5.36. The van der Waals surface area contributed by atoms with Crippen molar-refractivity contribution in [2.24, 2.45) is 0 Å². The number of hydrogen-bond acceptors (Lipinski definition) is 5. The lowest BCUT2D eigenvalue weighted by molar-refractivity contribution is -0.165. The molecule has 2 aliphatic heterocycles. The van der Waals surface area contributed by atoms with Crippen LogP contribution in [0.1, 0.15) is 29.4 Å². The maximum absolute atomic E-state index is 12.9. The second-order valence-electron chi connectivity index (χ2n) is 9.57. The third-order valence-corrected chi connectivity index (χ3v) is 7.33. The van der Waals surface area contributed by atoms with Gasteiger partial charge in [-0.05, 0) is 30.2 Å². The van der Waals surface area contributed by atoms with Gasteiger partial charge in [-0.1, -0.05) is 37.3 Å². The van der Waals surface area contributed by atoms with Crippen molar-refractivity contribution in [3.8, 4) is 0 Å². The number of aliphatic hydroxyl groups is 1. The number of alkyl halides is 3. The number of fused-ring (bicyclic) bond motifs is 2. The molecular weight excluding hydrogens is 471 g/mol. The van der Waals surface area contributed by atoms with E-state index in [0.717, 1.165) is 46.4 Å². The Balaban J connectivity index is 1.26. The number of benzene rings is 2.